The van der Waals surface area contributed by atoms with Gasteiger partial charge in [0.2, 0.25) is 0 Å². The molecule has 0 bridgehead atoms. The first-order chi connectivity index (χ1) is 7.26. The van der Waals surface area contributed by atoms with Gasteiger partial charge in [0.05, 0.1) is 6.54 Å². The van der Waals surface area contributed by atoms with E-state index in [0.29, 0.717) is 12.6 Å². The fourth-order valence-electron chi connectivity index (χ4n) is 1.96. The van der Waals surface area contributed by atoms with Crippen molar-refractivity contribution in [3.63, 3.8) is 0 Å². The van der Waals surface area contributed by atoms with Crippen LogP contribution >= 0.6 is 0 Å². The Kier molecular flexibility index (Phi) is 5.42. The van der Waals surface area contributed by atoms with Crippen LogP contribution in [0.15, 0.2) is 5.16 Å². The van der Waals surface area contributed by atoms with Gasteiger partial charge >= 0.3 is 0 Å². The van der Waals surface area contributed by atoms with Gasteiger partial charge in [0.1, 0.15) is 0 Å². The van der Waals surface area contributed by atoms with Crippen LogP contribution in [-0.4, -0.2) is 48.2 Å². The molecule has 1 saturated heterocycles. The Morgan fingerprint density at radius 1 is 1.53 bits per heavy atom. The minimum absolute atomic E-state index is 0.256. The molecule has 5 heteroatoms. The monoisotopic (exact) mass is 214 g/mol. The Morgan fingerprint density at radius 2 is 2.20 bits per heavy atom. The summed E-state index contributed by atoms with van der Waals surface area (Å²) in [6, 6.07) is 0.512. The van der Waals surface area contributed by atoms with E-state index in [1.807, 2.05) is 0 Å². The Morgan fingerprint density at radius 3 is 2.73 bits per heavy atom. The summed E-state index contributed by atoms with van der Waals surface area (Å²) in [4.78, 5) is 2.49. The molecule has 0 unspecified atom stereocenters. The Balaban J connectivity index is 2.14. The number of amidine groups is 1. The van der Waals surface area contributed by atoms with Crippen LogP contribution < -0.4 is 11.1 Å². The van der Waals surface area contributed by atoms with Crippen LogP contribution in [0, 0.1) is 0 Å². The molecule has 0 aromatic carbocycles. The molecule has 0 aromatic rings. The Labute approximate surface area is 91.3 Å². The summed E-state index contributed by atoms with van der Waals surface area (Å²) in [7, 11) is 0. The molecule has 0 aliphatic carbocycles. The highest BCUT2D eigenvalue weighted by Gasteiger charge is 2.17. The van der Waals surface area contributed by atoms with Gasteiger partial charge in [-0.3, -0.25) is 0 Å². The SMILES string of the molecule is CCCN1CCC(NCC(N)=NO)CC1. The molecule has 0 radical (unpaired) electrons. The molecule has 1 rings (SSSR count). The standard InChI is InChI=1S/C10H22N4O/c1-2-5-14-6-3-9(4-7-14)12-8-10(11)13-15/h9,12,15H,2-8H2,1H3,(H2,11,13). The molecular formula is C10H22N4O. The van der Waals surface area contributed by atoms with Gasteiger partial charge in [-0.2, -0.15) is 0 Å². The molecule has 0 spiro atoms. The summed E-state index contributed by atoms with van der Waals surface area (Å²) >= 11 is 0. The lowest BCUT2D eigenvalue weighted by Crippen LogP contribution is -2.45. The topological polar surface area (TPSA) is 73.9 Å². The first-order valence-corrected chi connectivity index (χ1v) is 5.68. The zero-order valence-corrected chi connectivity index (χ0v) is 9.45. The average molecular weight is 214 g/mol. The molecule has 0 aromatic heterocycles. The molecule has 1 heterocycles. The number of piperidine rings is 1. The number of likely N-dealkylation sites (tertiary alicyclic amines) is 1. The van der Waals surface area contributed by atoms with Crippen LogP contribution in [0.5, 0.6) is 0 Å². The second kappa shape index (κ2) is 6.63. The Hall–Kier alpha value is -0.810. The van der Waals surface area contributed by atoms with E-state index in [1.165, 1.54) is 13.0 Å². The van der Waals surface area contributed by atoms with E-state index in [2.05, 4.69) is 22.3 Å². The lowest BCUT2D eigenvalue weighted by molar-refractivity contribution is 0.200. The number of nitrogens with one attached hydrogen (secondary N) is 1. The average Bonchev–Trinajstić information content (AvgIpc) is 2.28. The predicted octanol–water partition coefficient (Wildman–Crippen LogP) is 0.197. The van der Waals surface area contributed by atoms with Gasteiger partial charge in [0.15, 0.2) is 5.84 Å². The number of oxime groups is 1. The largest absolute Gasteiger partial charge is 0.409 e. The van der Waals surface area contributed by atoms with Crippen molar-refractivity contribution in [2.45, 2.75) is 32.2 Å². The lowest BCUT2D eigenvalue weighted by atomic mass is 10.0. The second-order valence-electron chi connectivity index (χ2n) is 4.09. The molecule has 0 saturated carbocycles. The van der Waals surface area contributed by atoms with Crippen LogP contribution in [-0.2, 0) is 0 Å². The quantitative estimate of drug-likeness (QED) is 0.264. The minimum atomic E-state index is 0.256. The number of nitrogens with two attached hydrogens (primary N) is 1. The molecule has 15 heavy (non-hydrogen) atoms. The maximum atomic E-state index is 8.39. The van der Waals surface area contributed by atoms with Crippen LogP contribution in [0.3, 0.4) is 0 Å². The van der Waals surface area contributed by atoms with Crippen LogP contribution in [0.1, 0.15) is 26.2 Å². The molecule has 1 fully saturated rings. The summed E-state index contributed by atoms with van der Waals surface area (Å²) in [5, 5.41) is 14.6. The Bertz CT molecular complexity index is 200. The molecule has 1 aliphatic rings. The summed E-state index contributed by atoms with van der Waals surface area (Å²) in [6.45, 7) is 6.20. The van der Waals surface area contributed by atoms with E-state index in [1.54, 1.807) is 0 Å². The third-order valence-electron chi connectivity index (χ3n) is 2.83. The van der Waals surface area contributed by atoms with Crippen molar-refractivity contribution in [3.8, 4) is 0 Å². The number of nitrogens with zero attached hydrogens (tertiary/aromatic N) is 2. The van der Waals surface area contributed by atoms with Gasteiger partial charge in [0.25, 0.3) is 0 Å². The summed E-state index contributed by atoms with van der Waals surface area (Å²) in [6.07, 6.45) is 3.53. The van der Waals surface area contributed by atoms with Gasteiger partial charge < -0.3 is 21.2 Å². The highest BCUT2D eigenvalue weighted by molar-refractivity contribution is 5.81. The highest BCUT2D eigenvalue weighted by Crippen LogP contribution is 2.09. The molecule has 88 valence electrons. The van der Waals surface area contributed by atoms with Crippen molar-refractivity contribution < 1.29 is 5.21 Å². The van der Waals surface area contributed by atoms with E-state index >= 15 is 0 Å². The zero-order valence-electron chi connectivity index (χ0n) is 9.45. The maximum Gasteiger partial charge on any atom is 0.153 e. The summed E-state index contributed by atoms with van der Waals surface area (Å²) < 4.78 is 0. The summed E-state index contributed by atoms with van der Waals surface area (Å²) in [5.41, 5.74) is 5.39. The lowest BCUT2D eigenvalue weighted by Gasteiger charge is -2.32. The molecule has 0 amide bonds. The first kappa shape index (κ1) is 12.3. The molecule has 5 nitrogen and oxygen atoms in total. The number of rotatable bonds is 5. The van der Waals surface area contributed by atoms with E-state index in [-0.39, 0.29) is 5.84 Å². The van der Waals surface area contributed by atoms with E-state index < -0.39 is 0 Å². The molecule has 0 atom stereocenters. The van der Waals surface area contributed by atoms with Crippen molar-refractivity contribution in [1.29, 1.82) is 0 Å². The fraction of sp³-hybridized carbons (Fsp3) is 0.900. The number of hydrogen-bond donors (Lipinski definition) is 3. The van der Waals surface area contributed by atoms with Crippen molar-refractivity contribution in [3.05, 3.63) is 0 Å². The van der Waals surface area contributed by atoms with E-state index in [4.69, 9.17) is 10.9 Å². The molecule has 1 aliphatic heterocycles. The van der Waals surface area contributed by atoms with Gasteiger partial charge in [-0.05, 0) is 38.9 Å². The maximum absolute atomic E-state index is 8.39. The van der Waals surface area contributed by atoms with Gasteiger partial charge in [-0.1, -0.05) is 12.1 Å². The second-order valence-corrected chi connectivity index (χ2v) is 4.09. The van der Waals surface area contributed by atoms with Crippen LogP contribution in [0.2, 0.25) is 0 Å². The van der Waals surface area contributed by atoms with Crippen LogP contribution in [0.25, 0.3) is 0 Å². The third kappa shape index (κ3) is 4.48. The smallest absolute Gasteiger partial charge is 0.153 e. The first-order valence-electron chi connectivity index (χ1n) is 5.68. The van der Waals surface area contributed by atoms with Crippen molar-refractivity contribution in [1.82, 2.24) is 10.2 Å². The molecule has 4 N–H and O–H groups in total. The van der Waals surface area contributed by atoms with E-state index in [9.17, 15) is 0 Å². The van der Waals surface area contributed by atoms with Gasteiger partial charge in [-0.25, -0.2) is 0 Å². The third-order valence-corrected chi connectivity index (χ3v) is 2.83. The van der Waals surface area contributed by atoms with E-state index in [0.717, 1.165) is 25.9 Å². The zero-order chi connectivity index (χ0) is 11.1. The van der Waals surface area contributed by atoms with Gasteiger partial charge in [0, 0.05) is 6.04 Å². The van der Waals surface area contributed by atoms with Crippen molar-refractivity contribution in [2.75, 3.05) is 26.2 Å². The van der Waals surface area contributed by atoms with Crippen molar-refractivity contribution >= 4 is 5.84 Å². The van der Waals surface area contributed by atoms with Crippen molar-refractivity contribution in [2.24, 2.45) is 10.9 Å². The van der Waals surface area contributed by atoms with Crippen LogP contribution in [0.4, 0.5) is 0 Å². The normalized spacial score (nSPS) is 20.7. The molecular weight excluding hydrogens is 192 g/mol. The fourth-order valence-corrected chi connectivity index (χ4v) is 1.96. The summed E-state index contributed by atoms with van der Waals surface area (Å²) in [5.74, 6) is 0.256. The van der Waals surface area contributed by atoms with Gasteiger partial charge in [-0.15, -0.1) is 0 Å². The number of hydrogen-bond acceptors (Lipinski definition) is 4. The predicted molar refractivity (Wildman–Crippen MR) is 61.2 cm³/mol. The minimum Gasteiger partial charge on any atom is -0.409 e. The highest BCUT2D eigenvalue weighted by atomic mass is 16.4.